The van der Waals surface area contributed by atoms with Gasteiger partial charge in [0.2, 0.25) is 0 Å². The van der Waals surface area contributed by atoms with E-state index in [1.807, 2.05) is 24.9 Å². The molecule has 1 aromatic heterocycles. The summed E-state index contributed by atoms with van der Waals surface area (Å²) < 4.78 is 1.83. The van der Waals surface area contributed by atoms with E-state index >= 15 is 0 Å². The average Bonchev–Trinajstić information content (AvgIpc) is 2.58. The minimum Gasteiger partial charge on any atom is -0.393 e. The maximum absolute atomic E-state index is 9.13. The van der Waals surface area contributed by atoms with Gasteiger partial charge in [-0.1, -0.05) is 0 Å². The van der Waals surface area contributed by atoms with Gasteiger partial charge in [0.05, 0.1) is 12.6 Å². The highest BCUT2D eigenvalue weighted by Gasteiger charge is 2.02. The lowest BCUT2D eigenvalue weighted by Crippen LogP contribution is -2.26. The summed E-state index contributed by atoms with van der Waals surface area (Å²) in [7, 11) is 2.04. The molecule has 0 aromatic carbocycles. The summed E-state index contributed by atoms with van der Waals surface area (Å²) in [5, 5.41) is 13.2. The molecule has 0 radical (unpaired) electrons. The topological polar surface area (TPSA) is 67.3 Å². The van der Waals surface area contributed by atoms with Crippen LogP contribution in [0.1, 0.15) is 13.3 Å². The Morgan fingerprint density at radius 1 is 1.60 bits per heavy atom. The molecule has 1 aromatic rings. The second kappa shape index (κ2) is 5.72. The lowest BCUT2D eigenvalue weighted by molar-refractivity contribution is 0.163. The van der Waals surface area contributed by atoms with Crippen molar-refractivity contribution in [1.82, 2.24) is 14.7 Å². The van der Waals surface area contributed by atoms with E-state index in [0.29, 0.717) is 5.82 Å². The molecule has 0 saturated carbocycles. The molecule has 3 N–H and O–H groups in total. The fourth-order valence-corrected chi connectivity index (χ4v) is 1.29. The van der Waals surface area contributed by atoms with Crippen molar-refractivity contribution in [2.75, 3.05) is 25.9 Å². The van der Waals surface area contributed by atoms with Gasteiger partial charge in [0.1, 0.15) is 5.82 Å². The number of aromatic nitrogens is 2. The highest BCUT2D eigenvalue weighted by atomic mass is 16.3. The molecule has 1 rings (SSSR count). The Morgan fingerprint density at radius 2 is 2.33 bits per heavy atom. The van der Waals surface area contributed by atoms with Crippen molar-refractivity contribution >= 4 is 5.82 Å². The van der Waals surface area contributed by atoms with Gasteiger partial charge in [-0.25, -0.2) is 0 Å². The molecule has 0 aliphatic heterocycles. The van der Waals surface area contributed by atoms with Gasteiger partial charge < -0.3 is 15.7 Å². The third-order valence-electron chi connectivity index (χ3n) is 2.30. The summed E-state index contributed by atoms with van der Waals surface area (Å²) in [4.78, 5) is 2.17. The van der Waals surface area contributed by atoms with Crippen molar-refractivity contribution in [2.24, 2.45) is 0 Å². The van der Waals surface area contributed by atoms with E-state index in [1.165, 1.54) is 0 Å². The van der Waals surface area contributed by atoms with Crippen molar-refractivity contribution in [3.63, 3.8) is 0 Å². The van der Waals surface area contributed by atoms with Crippen molar-refractivity contribution in [3.8, 4) is 0 Å². The van der Waals surface area contributed by atoms with Crippen LogP contribution in [-0.4, -0.2) is 46.0 Å². The van der Waals surface area contributed by atoms with Gasteiger partial charge >= 0.3 is 0 Å². The third-order valence-corrected chi connectivity index (χ3v) is 2.30. The summed E-state index contributed by atoms with van der Waals surface area (Å²) in [5.41, 5.74) is 5.50. The molecule has 0 fully saturated rings. The van der Waals surface area contributed by atoms with Crippen LogP contribution < -0.4 is 5.73 Å². The molecule has 0 aliphatic carbocycles. The number of likely N-dealkylation sites (N-methyl/N-ethyl adjacent to an activating group) is 1. The lowest BCUT2D eigenvalue weighted by Gasteiger charge is -2.17. The van der Waals surface area contributed by atoms with Crippen LogP contribution in [0, 0.1) is 0 Å². The molecule has 1 atom stereocenters. The van der Waals surface area contributed by atoms with Gasteiger partial charge in [0.15, 0.2) is 0 Å². The molecule has 0 amide bonds. The highest BCUT2D eigenvalue weighted by molar-refractivity contribution is 5.23. The standard InChI is InChI=1S/C10H20N4O/c1-9(15)3-5-13(2)7-8-14-6-4-10(11)12-14/h4,6,9,15H,3,5,7-8H2,1-2H3,(H2,11,12). The molecule has 5 heteroatoms. The number of anilines is 1. The van der Waals surface area contributed by atoms with E-state index in [9.17, 15) is 0 Å². The largest absolute Gasteiger partial charge is 0.393 e. The fourth-order valence-electron chi connectivity index (χ4n) is 1.29. The first-order chi connectivity index (χ1) is 7.08. The molecular weight excluding hydrogens is 192 g/mol. The number of hydrogen-bond acceptors (Lipinski definition) is 4. The zero-order chi connectivity index (χ0) is 11.3. The van der Waals surface area contributed by atoms with Gasteiger partial charge in [-0.2, -0.15) is 5.10 Å². The van der Waals surface area contributed by atoms with Crippen LogP contribution in [0.15, 0.2) is 12.3 Å². The van der Waals surface area contributed by atoms with Crippen LogP contribution in [0.5, 0.6) is 0 Å². The van der Waals surface area contributed by atoms with E-state index in [2.05, 4.69) is 10.00 Å². The molecule has 0 saturated heterocycles. The van der Waals surface area contributed by atoms with Gasteiger partial charge in [-0.3, -0.25) is 4.68 Å². The molecular formula is C10H20N4O. The zero-order valence-corrected chi connectivity index (χ0v) is 9.43. The van der Waals surface area contributed by atoms with Crippen LogP contribution in [0.3, 0.4) is 0 Å². The van der Waals surface area contributed by atoms with Crippen LogP contribution in [0.2, 0.25) is 0 Å². The Morgan fingerprint density at radius 3 is 2.87 bits per heavy atom. The van der Waals surface area contributed by atoms with Crippen LogP contribution in [0.4, 0.5) is 5.82 Å². The van der Waals surface area contributed by atoms with Gasteiger partial charge in [-0.15, -0.1) is 0 Å². The summed E-state index contributed by atoms with van der Waals surface area (Å²) in [6, 6.07) is 1.79. The fraction of sp³-hybridized carbons (Fsp3) is 0.700. The predicted octanol–water partition coefficient (Wildman–Crippen LogP) is 0.168. The summed E-state index contributed by atoms with van der Waals surface area (Å²) >= 11 is 0. The number of nitrogens with two attached hydrogens (primary N) is 1. The minimum absolute atomic E-state index is 0.229. The molecule has 1 heterocycles. The molecule has 0 aliphatic rings. The Balaban J connectivity index is 2.19. The maximum Gasteiger partial charge on any atom is 0.145 e. The maximum atomic E-state index is 9.13. The second-order valence-electron chi connectivity index (χ2n) is 3.94. The monoisotopic (exact) mass is 212 g/mol. The first-order valence-corrected chi connectivity index (χ1v) is 5.23. The van der Waals surface area contributed by atoms with Crippen molar-refractivity contribution in [2.45, 2.75) is 26.0 Å². The number of rotatable bonds is 6. The van der Waals surface area contributed by atoms with Crippen molar-refractivity contribution in [1.29, 1.82) is 0 Å². The predicted molar refractivity (Wildman–Crippen MR) is 60.4 cm³/mol. The molecule has 1 unspecified atom stereocenters. The molecule has 0 bridgehead atoms. The normalized spacial score (nSPS) is 13.3. The smallest absolute Gasteiger partial charge is 0.145 e. The number of aliphatic hydroxyl groups is 1. The summed E-state index contributed by atoms with van der Waals surface area (Å²) in [6.45, 7) is 4.44. The lowest BCUT2D eigenvalue weighted by atomic mass is 10.3. The van der Waals surface area contributed by atoms with Crippen molar-refractivity contribution < 1.29 is 5.11 Å². The van der Waals surface area contributed by atoms with Crippen LogP contribution in [0.25, 0.3) is 0 Å². The molecule has 86 valence electrons. The molecule has 15 heavy (non-hydrogen) atoms. The minimum atomic E-state index is -0.229. The summed E-state index contributed by atoms with van der Waals surface area (Å²) in [5.74, 6) is 0.557. The van der Waals surface area contributed by atoms with Gasteiger partial charge in [-0.05, 0) is 26.5 Å². The molecule has 5 nitrogen and oxygen atoms in total. The Bertz CT molecular complexity index is 285. The SMILES string of the molecule is CC(O)CCN(C)CCn1ccc(N)n1. The Hall–Kier alpha value is -1.07. The Kier molecular flexibility index (Phi) is 4.58. The van der Waals surface area contributed by atoms with Crippen LogP contribution in [-0.2, 0) is 6.54 Å². The quantitative estimate of drug-likeness (QED) is 0.705. The Labute approximate surface area is 90.5 Å². The van der Waals surface area contributed by atoms with E-state index in [4.69, 9.17) is 10.8 Å². The average molecular weight is 212 g/mol. The van der Waals surface area contributed by atoms with Gasteiger partial charge in [0, 0.05) is 19.3 Å². The van der Waals surface area contributed by atoms with Crippen molar-refractivity contribution in [3.05, 3.63) is 12.3 Å². The van der Waals surface area contributed by atoms with E-state index in [-0.39, 0.29) is 6.10 Å². The third kappa shape index (κ3) is 4.80. The molecule has 0 spiro atoms. The van der Waals surface area contributed by atoms with Crippen LogP contribution >= 0.6 is 0 Å². The first-order valence-electron chi connectivity index (χ1n) is 5.23. The first kappa shape index (κ1) is 12.0. The highest BCUT2D eigenvalue weighted by Crippen LogP contribution is 1.97. The van der Waals surface area contributed by atoms with E-state index < -0.39 is 0 Å². The number of nitrogen functional groups attached to an aromatic ring is 1. The zero-order valence-electron chi connectivity index (χ0n) is 9.43. The number of aliphatic hydroxyl groups excluding tert-OH is 1. The van der Waals surface area contributed by atoms with E-state index in [0.717, 1.165) is 26.1 Å². The van der Waals surface area contributed by atoms with E-state index in [1.54, 1.807) is 6.07 Å². The van der Waals surface area contributed by atoms with Gasteiger partial charge in [0.25, 0.3) is 0 Å². The number of nitrogens with zero attached hydrogens (tertiary/aromatic N) is 3. The number of hydrogen-bond donors (Lipinski definition) is 2. The summed E-state index contributed by atoms with van der Waals surface area (Å²) in [6.07, 6.45) is 2.45. The second-order valence-corrected chi connectivity index (χ2v) is 3.94.